The lowest BCUT2D eigenvalue weighted by molar-refractivity contribution is 0.669. The molecule has 0 aliphatic rings. The fraction of sp³-hybridized carbons (Fsp3) is 0. The van der Waals surface area contributed by atoms with E-state index in [1.807, 2.05) is 12.1 Å². The Bertz CT molecular complexity index is 3180. The molecule has 11 rings (SSSR count). The van der Waals surface area contributed by atoms with Crippen molar-refractivity contribution in [3.8, 4) is 27.9 Å². The van der Waals surface area contributed by atoms with Crippen molar-refractivity contribution >= 4 is 71.6 Å². The van der Waals surface area contributed by atoms with Crippen LogP contribution in [0.4, 0.5) is 17.1 Å². The predicted octanol–water partition coefficient (Wildman–Crippen LogP) is 14.6. The standard InChI is InChI=1S/C52H34N2O/c1-3-11-35(12-4-1)36-21-25-42(26-22-36)53(44-29-30-46-45-15-7-9-17-49(45)54(50(46)34-44)41-13-5-2-6-14-41)43-27-23-37(24-28-43)38-19-20-39-32-48-47-16-8-10-18-51(47)55-52(48)33-40(39)31-38/h1-34H. The Kier molecular flexibility index (Phi) is 7.17. The number of fused-ring (bicyclic) bond motifs is 7. The van der Waals surface area contributed by atoms with Gasteiger partial charge in [0, 0.05) is 44.3 Å². The van der Waals surface area contributed by atoms with Crippen molar-refractivity contribution in [3.63, 3.8) is 0 Å². The minimum absolute atomic E-state index is 0.915. The zero-order valence-corrected chi connectivity index (χ0v) is 29.9. The van der Waals surface area contributed by atoms with Crippen molar-refractivity contribution in [1.29, 1.82) is 0 Å². The Morgan fingerprint density at radius 3 is 1.67 bits per heavy atom. The average Bonchev–Trinajstić information content (AvgIpc) is 3.78. The van der Waals surface area contributed by atoms with Crippen LogP contribution in [0.15, 0.2) is 211 Å². The third-order valence-corrected chi connectivity index (χ3v) is 11.0. The van der Waals surface area contributed by atoms with Crippen molar-refractivity contribution in [2.24, 2.45) is 0 Å². The van der Waals surface area contributed by atoms with Gasteiger partial charge in [-0.1, -0.05) is 127 Å². The van der Waals surface area contributed by atoms with E-state index in [2.05, 4.69) is 204 Å². The molecule has 3 nitrogen and oxygen atoms in total. The number of para-hydroxylation sites is 3. The fourth-order valence-corrected chi connectivity index (χ4v) is 8.28. The van der Waals surface area contributed by atoms with Gasteiger partial charge < -0.3 is 13.9 Å². The SMILES string of the molecule is c1ccc(-c2ccc(N(c3ccc(-c4ccc5cc6c(cc5c4)oc4ccccc46)cc3)c3ccc4c5ccccc5n(-c5ccccc5)c4c3)cc2)cc1. The van der Waals surface area contributed by atoms with E-state index >= 15 is 0 Å². The van der Waals surface area contributed by atoms with Gasteiger partial charge in [0.2, 0.25) is 0 Å². The van der Waals surface area contributed by atoms with Gasteiger partial charge in [0.1, 0.15) is 11.2 Å². The van der Waals surface area contributed by atoms with Gasteiger partial charge in [-0.15, -0.1) is 0 Å². The summed E-state index contributed by atoms with van der Waals surface area (Å²) in [5.74, 6) is 0. The van der Waals surface area contributed by atoms with Crippen LogP contribution in [-0.4, -0.2) is 4.57 Å². The third kappa shape index (κ3) is 5.28. The summed E-state index contributed by atoms with van der Waals surface area (Å²) in [6, 6.07) is 74.0. The molecule has 0 saturated heterocycles. The summed E-state index contributed by atoms with van der Waals surface area (Å²) in [4.78, 5) is 2.36. The molecule has 258 valence electrons. The summed E-state index contributed by atoms with van der Waals surface area (Å²) >= 11 is 0. The Balaban J connectivity index is 1.03. The molecule has 0 fully saturated rings. The summed E-state index contributed by atoms with van der Waals surface area (Å²) in [5.41, 5.74) is 13.3. The van der Waals surface area contributed by atoms with Gasteiger partial charge in [-0.05, 0) is 112 Å². The zero-order chi connectivity index (χ0) is 36.3. The minimum Gasteiger partial charge on any atom is -0.456 e. The average molecular weight is 703 g/mol. The second-order valence-electron chi connectivity index (χ2n) is 14.2. The first kappa shape index (κ1) is 31.2. The highest BCUT2D eigenvalue weighted by Gasteiger charge is 2.18. The van der Waals surface area contributed by atoms with Crippen LogP contribution in [0.3, 0.4) is 0 Å². The molecule has 0 aliphatic carbocycles. The quantitative estimate of drug-likeness (QED) is 0.172. The predicted molar refractivity (Wildman–Crippen MR) is 231 cm³/mol. The maximum atomic E-state index is 6.23. The van der Waals surface area contributed by atoms with Crippen LogP contribution in [-0.2, 0) is 0 Å². The van der Waals surface area contributed by atoms with Gasteiger partial charge in [-0.2, -0.15) is 0 Å². The number of furan rings is 1. The second-order valence-corrected chi connectivity index (χ2v) is 14.2. The Labute approximate surface area is 318 Å². The first-order chi connectivity index (χ1) is 27.2. The van der Waals surface area contributed by atoms with Gasteiger partial charge >= 0.3 is 0 Å². The van der Waals surface area contributed by atoms with Gasteiger partial charge in [0.05, 0.1) is 11.0 Å². The molecule has 55 heavy (non-hydrogen) atoms. The highest BCUT2D eigenvalue weighted by atomic mass is 16.3. The monoisotopic (exact) mass is 702 g/mol. The highest BCUT2D eigenvalue weighted by molar-refractivity contribution is 6.11. The molecule has 2 aromatic heterocycles. The van der Waals surface area contributed by atoms with Crippen LogP contribution in [0.1, 0.15) is 0 Å². The second kappa shape index (κ2) is 12.6. The summed E-state index contributed by atoms with van der Waals surface area (Å²) in [6.45, 7) is 0. The van der Waals surface area contributed by atoms with Gasteiger partial charge in [-0.3, -0.25) is 0 Å². The van der Waals surface area contributed by atoms with Crippen LogP contribution >= 0.6 is 0 Å². The third-order valence-electron chi connectivity index (χ3n) is 11.0. The molecule has 0 atom stereocenters. The van der Waals surface area contributed by atoms with Crippen molar-refractivity contribution < 1.29 is 4.42 Å². The smallest absolute Gasteiger partial charge is 0.136 e. The molecular formula is C52H34N2O. The molecule has 0 unspecified atom stereocenters. The summed E-state index contributed by atoms with van der Waals surface area (Å²) in [7, 11) is 0. The lowest BCUT2D eigenvalue weighted by Gasteiger charge is -2.26. The van der Waals surface area contributed by atoms with Crippen LogP contribution in [0.25, 0.3) is 82.5 Å². The Hall–Kier alpha value is -7.36. The molecule has 3 heteroatoms. The fourth-order valence-electron chi connectivity index (χ4n) is 8.28. The molecule has 0 N–H and O–H groups in total. The molecule has 0 bridgehead atoms. The largest absolute Gasteiger partial charge is 0.456 e. The number of benzene rings is 9. The number of hydrogen-bond acceptors (Lipinski definition) is 2. The number of rotatable bonds is 6. The Morgan fingerprint density at radius 2 is 0.909 bits per heavy atom. The summed E-state index contributed by atoms with van der Waals surface area (Å²) < 4.78 is 8.62. The lowest BCUT2D eigenvalue weighted by atomic mass is 9.99. The highest BCUT2D eigenvalue weighted by Crippen LogP contribution is 2.41. The van der Waals surface area contributed by atoms with Gasteiger partial charge in [-0.25, -0.2) is 0 Å². The summed E-state index contributed by atoms with van der Waals surface area (Å²) in [6.07, 6.45) is 0. The van der Waals surface area contributed by atoms with E-state index in [-0.39, 0.29) is 0 Å². The molecule has 0 saturated carbocycles. The van der Waals surface area contributed by atoms with E-state index < -0.39 is 0 Å². The van der Waals surface area contributed by atoms with Crippen molar-refractivity contribution in [3.05, 3.63) is 206 Å². The van der Waals surface area contributed by atoms with Crippen LogP contribution < -0.4 is 4.90 Å². The zero-order valence-electron chi connectivity index (χ0n) is 29.9. The number of hydrogen-bond donors (Lipinski definition) is 0. The normalized spacial score (nSPS) is 11.6. The van der Waals surface area contributed by atoms with Gasteiger partial charge in [0.15, 0.2) is 0 Å². The summed E-state index contributed by atoms with van der Waals surface area (Å²) in [5, 5.41) is 7.14. The van der Waals surface area contributed by atoms with E-state index in [4.69, 9.17) is 4.42 Å². The maximum Gasteiger partial charge on any atom is 0.136 e. The van der Waals surface area contributed by atoms with Crippen LogP contribution in [0.2, 0.25) is 0 Å². The molecule has 0 spiro atoms. The lowest BCUT2D eigenvalue weighted by Crippen LogP contribution is -2.10. The van der Waals surface area contributed by atoms with Crippen LogP contribution in [0.5, 0.6) is 0 Å². The van der Waals surface area contributed by atoms with Crippen molar-refractivity contribution in [2.45, 2.75) is 0 Å². The molecule has 0 radical (unpaired) electrons. The minimum atomic E-state index is 0.915. The molecule has 0 amide bonds. The van der Waals surface area contributed by atoms with Crippen molar-refractivity contribution in [1.82, 2.24) is 4.57 Å². The molecular weight excluding hydrogens is 669 g/mol. The maximum absolute atomic E-state index is 6.23. The van der Waals surface area contributed by atoms with Crippen LogP contribution in [0, 0.1) is 0 Å². The molecule has 2 heterocycles. The first-order valence-corrected chi connectivity index (χ1v) is 18.7. The topological polar surface area (TPSA) is 21.3 Å². The van der Waals surface area contributed by atoms with E-state index in [0.29, 0.717) is 0 Å². The van der Waals surface area contributed by atoms with E-state index in [1.165, 1.54) is 43.9 Å². The molecule has 11 aromatic rings. The van der Waals surface area contributed by atoms with Gasteiger partial charge in [0.25, 0.3) is 0 Å². The number of nitrogens with zero attached hydrogens (tertiary/aromatic N) is 2. The van der Waals surface area contributed by atoms with E-state index in [1.54, 1.807) is 0 Å². The van der Waals surface area contributed by atoms with E-state index in [9.17, 15) is 0 Å². The molecule has 9 aromatic carbocycles. The first-order valence-electron chi connectivity index (χ1n) is 18.7. The molecule has 0 aliphatic heterocycles. The van der Waals surface area contributed by atoms with Crippen molar-refractivity contribution in [2.75, 3.05) is 4.90 Å². The number of aromatic nitrogens is 1. The Morgan fingerprint density at radius 1 is 0.327 bits per heavy atom. The number of anilines is 3. The van der Waals surface area contributed by atoms with E-state index in [0.717, 1.165) is 55.6 Å².